The maximum atomic E-state index is 5.78. The van der Waals surface area contributed by atoms with Gasteiger partial charge in [-0.2, -0.15) is 0 Å². The maximum absolute atomic E-state index is 5.78. The fraction of sp³-hybridized carbons (Fsp3) is 1.00. The predicted octanol–water partition coefficient (Wildman–Crippen LogP) is 2.42. The molecule has 2 atom stereocenters. The van der Waals surface area contributed by atoms with Gasteiger partial charge in [0, 0.05) is 8.86 Å². The van der Waals surface area contributed by atoms with Gasteiger partial charge in [-0.15, -0.1) is 0 Å². The lowest BCUT2D eigenvalue weighted by Gasteiger charge is -2.41. The molecule has 0 spiro atoms. The second-order valence-electron chi connectivity index (χ2n) is 3.74. The Labute approximate surface area is 101 Å². The van der Waals surface area contributed by atoms with Gasteiger partial charge in [0.2, 0.25) is 0 Å². The van der Waals surface area contributed by atoms with E-state index in [0.717, 1.165) is 22.1 Å². The molecule has 0 aromatic rings. The van der Waals surface area contributed by atoms with E-state index in [2.05, 4.69) is 59.0 Å². The van der Waals surface area contributed by atoms with Gasteiger partial charge in [0.05, 0.1) is 24.4 Å². The number of rotatable bonds is 2. The third-order valence-corrected chi connectivity index (χ3v) is 5.24. The number of alkyl halides is 2. The Kier molecular flexibility index (Phi) is 4.07. The van der Waals surface area contributed by atoms with Crippen molar-refractivity contribution in [1.29, 1.82) is 0 Å². The molecule has 0 bridgehead atoms. The first-order valence-electron chi connectivity index (χ1n) is 3.93. The summed E-state index contributed by atoms with van der Waals surface area (Å²) in [6, 6.07) is 0. The van der Waals surface area contributed by atoms with E-state index >= 15 is 0 Å². The van der Waals surface area contributed by atoms with E-state index in [1.165, 1.54) is 0 Å². The van der Waals surface area contributed by atoms with Gasteiger partial charge in [-0.1, -0.05) is 45.2 Å². The highest BCUT2D eigenvalue weighted by Crippen LogP contribution is 2.27. The van der Waals surface area contributed by atoms with Crippen molar-refractivity contribution in [3.05, 3.63) is 0 Å². The summed E-state index contributed by atoms with van der Waals surface area (Å²) in [6.45, 7) is 5.64. The Hall–Kier alpha value is 1.38. The summed E-state index contributed by atoms with van der Waals surface area (Å²) in [5.74, 6) is 0. The summed E-state index contributed by atoms with van der Waals surface area (Å²) in [5.41, 5.74) is -0.127. The van der Waals surface area contributed by atoms with Crippen LogP contribution in [0, 0.1) is 0 Å². The molecule has 1 aliphatic rings. The molecule has 1 saturated heterocycles. The molecule has 72 valence electrons. The smallest absolute Gasteiger partial charge is 0.0977 e. The lowest BCUT2D eigenvalue weighted by molar-refractivity contribution is -0.204. The van der Waals surface area contributed by atoms with Crippen molar-refractivity contribution < 1.29 is 9.47 Å². The molecule has 0 aliphatic carbocycles. The first-order valence-corrected chi connectivity index (χ1v) is 6.99. The number of halogens is 2. The molecule has 0 saturated carbocycles. The predicted molar refractivity (Wildman–Crippen MR) is 66.5 cm³/mol. The lowest BCUT2D eigenvalue weighted by atomic mass is 10.1. The van der Waals surface area contributed by atoms with E-state index in [9.17, 15) is 0 Å². The molecule has 1 rings (SSSR count). The summed E-state index contributed by atoms with van der Waals surface area (Å²) in [7, 11) is 0. The standard InChI is InChI=1S/C8H14I2O2/c1-7(3-9)5-12-8(2,4-10)6-11-7/h3-6H2,1-2H3/t7-,8-/m0/s1. The van der Waals surface area contributed by atoms with Crippen LogP contribution in [-0.4, -0.2) is 33.3 Å². The quantitative estimate of drug-likeness (QED) is 0.528. The summed E-state index contributed by atoms with van der Waals surface area (Å²) < 4.78 is 13.5. The molecule has 0 radical (unpaired) electrons. The van der Waals surface area contributed by atoms with Gasteiger partial charge in [0.25, 0.3) is 0 Å². The van der Waals surface area contributed by atoms with E-state index in [-0.39, 0.29) is 11.2 Å². The van der Waals surface area contributed by atoms with E-state index in [0.29, 0.717) is 0 Å². The third kappa shape index (κ3) is 2.68. The average molecular weight is 396 g/mol. The first kappa shape index (κ1) is 11.5. The van der Waals surface area contributed by atoms with Crippen LogP contribution in [0.25, 0.3) is 0 Å². The monoisotopic (exact) mass is 396 g/mol. The minimum Gasteiger partial charge on any atom is -0.369 e. The minimum absolute atomic E-state index is 0.0636. The van der Waals surface area contributed by atoms with Crippen molar-refractivity contribution in [2.75, 3.05) is 22.1 Å². The van der Waals surface area contributed by atoms with Crippen LogP contribution < -0.4 is 0 Å². The summed E-state index contributed by atoms with van der Waals surface area (Å²) in [4.78, 5) is 0. The zero-order valence-electron chi connectivity index (χ0n) is 7.40. The van der Waals surface area contributed by atoms with E-state index in [1.807, 2.05) is 0 Å². The van der Waals surface area contributed by atoms with Crippen LogP contribution in [0.15, 0.2) is 0 Å². The third-order valence-electron chi connectivity index (χ3n) is 2.02. The molecule has 0 unspecified atom stereocenters. The van der Waals surface area contributed by atoms with E-state index < -0.39 is 0 Å². The summed E-state index contributed by atoms with van der Waals surface area (Å²) in [6.07, 6.45) is 0. The molecule has 12 heavy (non-hydrogen) atoms. The topological polar surface area (TPSA) is 18.5 Å². The van der Waals surface area contributed by atoms with E-state index in [4.69, 9.17) is 9.47 Å². The molecule has 0 amide bonds. The van der Waals surface area contributed by atoms with Crippen molar-refractivity contribution >= 4 is 45.2 Å². The first-order chi connectivity index (χ1) is 5.54. The highest BCUT2D eigenvalue weighted by atomic mass is 127. The molecule has 0 aromatic heterocycles. The van der Waals surface area contributed by atoms with Gasteiger partial charge in [-0.25, -0.2) is 0 Å². The fourth-order valence-corrected chi connectivity index (χ4v) is 1.77. The van der Waals surface area contributed by atoms with Gasteiger partial charge in [0.15, 0.2) is 0 Å². The van der Waals surface area contributed by atoms with Crippen LogP contribution in [0.5, 0.6) is 0 Å². The molecule has 1 heterocycles. The average Bonchev–Trinajstić information content (AvgIpc) is 2.11. The zero-order chi connectivity index (χ0) is 9.24. The van der Waals surface area contributed by atoms with Crippen LogP contribution >= 0.6 is 45.2 Å². The molecule has 1 aliphatic heterocycles. The Bertz CT molecular complexity index is 135. The Morgan fingerprint density at radius 2 is 1.33 bits per heavy atom. The van der Waals surface area contributed by atoms with Crippen LogP contribution in [-0.2, 0) is 9.47 Å². The van der Waals surface area contributed by atoms with Gasteiger partial charge < -0.3 is 9.47 Å². The van der Waals surface area contributed by atoms with E-state index in [1.54, 1.807) is 0 Å². The molecule has 2 nitrogen and oxygen atoms in total. The zero-order valence-corrected chi connectivity index (χ0v) is 11.7. The van der Waals surface area contributed by atoms with Crippen LogP contribution in [0.4, 0.5) is 0 Å². The molecular weight excluding hydrogens is 382 g/mol. The molecule has 0 aromatic carbocycles. The summed E-state index contributed by atoms with van der Waals surface area (Å²) >= 11 is 4.68. The van der Waals surface area contributed by atoms with Crippen molar-refractivity contribution in [1.82, 2.24) is 0 Å². The maximum Gasteiger partial charge on any atom is 0.0977 e. The van der Waals surface area contributed by atoms with Crippen molar-refractivity contribution in [3.8, 4) is 0 Å². The Balaban J connectivity index is 2.49. The molecule has 1 fully saturated rings. The molecule has 4 heteroatoms. The van der Waals surface area contributed by atoms with Crippen LogP contribution in [0.2, 0.25) is 0 Å². The van der Waals surface area contributed by atoms with Gasteiger partial charge in [-0.3, -0.25) is 0 Å². The number of hydrogen-bond acceptors (Lipinski definition) is 2. The second kappa shape index (κ2) is 4.27. The SMILES string of the molecule is C[C@]1(CI)CO[C@@](C)(CI)CO1. The largest absolute Gasteiger partial charge is 0.369 e. The number of ether oxygens (including phenoxy) is 2. The van der Waals surface area contributed by atoms with Crippen LogP contribution in [0.1, 0.15) is 13.8 Å². The highest BCUT2D eigenvalue weighted by molar-refractivity contribution is 14.1. The van der Waals surface area contributed by atoms with Gasteiger partial charge in [-0.05, 0) is 13.8 Å². The van der Waals surface area contributed by atoms with Crippen LogP contribution in [0.3, 0.4) is 0 Å². The van der Waals surface area contributed by atoms with Crippen molar-refractivity contribution in [3.63, 3.8) is 0 Å². The normalized spacial score (nSPS) is 43.0. The van der Waals surface area contributed by atoms with Crippen molar-refractivity contribution in [2.45, 2.75) is 25.0 Å². The Morgan fingerprint density at radius 1 is 1.00 bits per heavy atom. The summed E-state index contributed by atoms with van der Waals surface area (Å²) in [5, 5.41) is 0. The second-order valence-corrected chi connectivity index (χ2v) is 5.27. The fourth-order valence-electron chi connectivity index (χ4n) is 0.891. The van der Waals surface area contributed by atoms with Crippen molar-refractivity contribution in [2.24, 2.45) is 0 Å². The highest BCUT2D eigenvalue weighted by Gasteiger charge is 2.37. The minimum atomic E-state index is -0.0636. The van der Waals surface area contributed by atoms with Gasteiger partial charge in [0.1, 0.15) is 0 Å². The van der Waals surface area contributed by atoms with Gasteiger partial charge >= 0.3 is 0 Å². The molecule has 0 N–H and O–H groups in total. The molecular formula is C8H14I2O2. The number of hydrogen-bond donors (Lipinski definition) is 0. The Morgan fingerprint density at radius 3 is 1.50 bits per heavy atom. The lowest BCUT2D eigenvalue weighted by Crippen LogP contribution is -2.52.